The summed E-state index contributed by atoms with van der Waals surface area (Å²) in [5, 5.41) is 27.0. The Kier molecular flexibility index (Phi) is 3.55. The van der Waals surface area contributed by atoms with Crippen LogP contribution in [0.15, 0.2) is 18.2 Å². The Morgan fingerprint density at radius 2 is 2.20 bits per heavy atom. The lowest BCUT2D eigenvalue weighted by molar-refractivity contribution is -0.385. The SMILES string of the molecule is CNc1ccc([N+](=O)[O-])c(C(=O)Nc2nnn(C)n2)c1. The molecule has 10 nitrogen and oxygen atoms in total. The number of amides is 1. The van der Waals surface area contributed by atoms with Crippen LogP contribution in [0.3, 0.4) is 0 Å². The van der Waals surface area contributed by atoms with Gasteiger partial charge >= 0.3 is 0 Å². The van der Waals surface area contributed by atoms with E-state index in [0.29, 0.717) is 5.69 Å². The minimum Gasteiger partial charge on any atom is -0.388 e. The molecule has 0 atom stereocenters. The third-order valence-corrected chi connectivity index (χ3v) is 2.46. The van der Waals surface area contributed by atoms with Crippen LogP contribution in [-0.4, -0.2) is 38.1 Å². The Morgan fingerprint density at radius 3 is 2.75 bits per heavy atom. The molecule has 0 aliphatic carbocycles. The smallest absolute Gasteiger partial charge is 0.282 e. The molecule has 0 radical (unpaired) electrons. The summed E-state index contributed by atoms with van der Waals surface area (Å²) in [5.41, 5.74) is 0.188. The van der Waals surface area contributed by atoms with Gasteiger partial charge in [0.2, 0.25) is 0 Å². The molecule has 1 amide bonds. The number of nitrogens with zero attached hydrogens (tertiary/aromatic N) is 5. The quantitative estimate of drug-likeness (QED) is 0.611. The molecule has 0 aliphatic heterocycles. The minimum absolute atomic E-state index is 0.0262. The zero-order valence-corrected chi connectivity index (χ0v) is 10.7. The Hall–Kier alpha value is -3.04. The van der Waals surface area contributed by atoms with Crippen molar-refractivity contribution in [2.75, 3.05) is 17.7 Å². The van der Waals surface area contributed by atoms with E-state index in [1.54, 1.807) is 7.05 Å². The first-order valence-corrected chi connectivity index (χ1v) is 5.53. The Labute approximate surface area is 112 Å². The second-order valence-electron chi connectivity index (χ2n) is 3.80. The first-order valence-electron chi connectivity index (χ1n) is 5.53. The zero-order valence-electron chi connectivity index (χ0n) is 10.7. The van der Waals surface area contributed by atoms with Gasteiger partial charge in [-0.15, -0.1) is 5.10 Å². The monoisotopic (exact) mass is 277 g/mol. The number of tetrazole rings is 1. The van der Waals surface area contributed by atoms with Crippen LogP contribution < -0.4 is 10.6 Å². The van der Waals surface area contributed by atoms with Gasteiger partial charge in [0.1, 0.15) is 5.56 Å². The Balaban J connectivity index is 2.34. The summed E-state index contributed by atoms with van der Waals surface area (Å²) in [6.45, 7) is 0. The summed E-state index contributed by atoms with van der Waals surface area (Å²) in [6, 6.07) is 4.14. The summed E-state index contributed by atoms with van der Waals surface area (Å²) in [6.07, 6.45) is 0. The van der Waals surface area contributed by atoms with E-state index in [-0.39, 0.29) is 17.2 Å². The molecular formula is C10H11N7O3. The molecule has 0 saturated carbocycles. The van der Waals surface area contributed by atoms with Crippen molar-refractivity contribution in [3.05, 3.63) is 33.9 Å². The second kappa shape index (κ2) is 5.30. The highest BCUT2D eigenvalue weighted by molar-refractivity contribution is 6.06. The van der Waals surface area contributed by atoms with E-state index in [1.165, 1.54) is 25.2 Å². The number of hydrogen-bond donors (Lipinski definition) is 2. The van der Waals surface area contributed by atoms with E-state index in [4.69, 9.17) is 0 Å². The molecule has 10 heteroatoms. The van der Waals surface area contributed by atoms with Crippen LogP contribution in [0.25, 0.3) is 0 Å². The predicted molar refractivity (Wildman–Crippen MR) is 69.4 cm³/mol. The highest BCUT2D eigenvalue weighted by atomic mass is 16.6. The summed E-state index contributed by atoms with van der Waals surface area (Å²) in [5.74, 6) is -0.705. The number of nitro groups is 1. The van der Waals surface area contributed by atoms with Crippen molar-refractivity contribution in [3.63, 3.8) is 0 Å². The maximum Gasteiger partial charge on any atom is 0.282 e. The molecule has 0 spiro atoms. The zero-order chi connectivity index (χ0) is 14.7. The van der Waals surface area contributed by atoms with Crippen LogP contribution >= 0.6 is 0 Å². The number of carbonyl (C=O) groups excluding carboxylic acids is 1. The van der Waals surface area contributed by atoms with Crippen LogP contribution in [0.5, 0.6) is 0 Å². The second-order valence-corrected chi connectivity index (χ2v) is 3.80. The fourth-order valence-corrected chi connectivity index (χ4v) is 1.54. The predicted octanol–water partition coefficient (Wildman–Crippen LogP) is 0.412. The summed E-state index contributed by atoms with van der Waals surface area (Å²) in [7, 11) is 3.18. The molecule has 2 N–H and O–H groups in total. The molecular weight excluding hydrogens is 266 g/mol. The lowest BCUT2D eigenvalue weighted by atomic mass is 10.1. The lowest BCUT2D eigenvalue weighted by Crippen LogP contribution is -2.15. The standard InChI is InChI=1S/C10H11N7O3/c1-11-6-3-4-8(17(19)20)7(5-6)9(18)12-10-13-15-16(2)14-10/h3-5,11H,1-2H3,(H,12,14,18). The fraction of sp³-hybridized carbons (Fsp3) is 0.200. The van der Waals surface area contributed by atoms with Gasteiger partial charge in [0.05, 0.1) is 12.0 Å². The van der Waals surface area contributed by atoms with E-state index < -0.39 is 10.8 Å². The van der Waals surface area contributed by atoms with E-state index in [9.17, 15) is 14.9 Å². The number of rotatable bonds is 4. The highest BCUT2D eigenvalue weighted by Crippen LogP contribution is 2.23. The van der Waals surface area contributed by atoms with Crippen molar-refractivity contribution < 1.29 is 9.72 Å². The summed E-state index contributed by atoms with van der Waals surface area (Å²) >= 11 is 0. The molecule has 0 saturated heterocycles. The molecule has 2 aromatic rings. The van der Waals surface area contributed by atoms with Gasteiger partial charge in [0.25, 0.3) is 17.5 Å². The van der Waals surface area contributed by atoms with E-state index in [2.05, 4.69) is 26.0 Å². The van der Waals surface area contributed by atoms with Gasteiger partial charge in [-0.3, -0.25) is 20.2 Å². The topological polar surface area (TPSA) is 128 Å². The van der Waals surface area contributed by atoms with Crippen LogP contribution in [0.4, 0.5) is 17.3 Å². The third-order valence-electron chi connectivity index (χ3n) is 2.46. The Bertz CT molecular complexity index is 667. The molecule has 0 unspecified atom stereocenters. The highest BCUT2D eigenvalue weighted by Gasteiger charge is 2.21. The molecule has 0 bridgehead atoms. The van der Waals surface area contributed by atoms with Gasteiger partial charge in [-0.2, -0.15) is 4.80 Å². The van der Waals surface area contributed by atoms with Gasteiger partial charge in [0, 0.05) is 18.8 Å². The van der Waals surface area contributed by atoms with Gasteiger partial charge in [-0.05, 0) is 17.3 Å². The van der Waals surface area contributed by atoms with Crippen LogP contribution in [0.1, 0.15) is 10.4 Å². The van der Waals surface area contributed by atoms with E-state index in [1.807, 2.05) is 0 Å². The molecule has 104 valence electrons. The van der Waals surface area contributed by atoms with Crippen LogP contribution in [-0.2, 0) is 7.05 Å². The van der Waals surface area contributed by atoms with Gasteiger partial charge in [-0.25, -0.2) is 0 Å². The van der Waals surface area contributed by atoms with Gasteiger partial charge in [-0.1, -0.05) is 5.10 Å². The molecule has 0 fully saturated rings. The van der Waals surface area contributed by atoms with Gasteiger partial charge < -0.3 is 5.32 Å². The van der Waals surface area contributed by atoms with Crippen molar-refractivity contribution >= 4 is 23.2 Å². The molecule has 1 heterocycles. The fourth-order valence-electron chi connectivity index (χ4n) is 1.54. The lowest BCUT2D eigenvalue weighted by Gasteiger charge is -2.05. The van der Waals surface area contributed by atoms with Crippen LogP contribution in [0.2, 0.25) is 0 Å². The Morgan fingerprint density at radius 1 is 1.45 bits per heavy atom. The average Bonchev–Trinajstić information content (AvgIpc) is 2.83. The van der Waals surface area contributed by atoms with Crippen molar-refractivity contribution in [3.8, 4) is 0 Å². The number of nitrogens with one attached hydrogen (secondary N) is 2. The molecule has 20 heavy (non-hydrogen) atoms. The van der Waals surface area contributed by atoms with Gasteiger partial charge in [0.15, 0.2) is 0 Å². The maximum atomic E-state index is 12.1. The summed E-state index contributed by atoms with van der Waals surface area (Å²) in [4.78, 5) is 23.5. The average molecular weight is 277 g/mol. The number of aryl methyl sites for hydroxylation is 1. The number of nitro benzene ring substituents is 1. The number of carbonyl (C=O) groups is 1. The number of benzene rings is 1. The van der Waals surface area contributed by atoms with Crippen molar-refractivity contribution in [1.29, 1.82) is 0 Å². The number of aromatic nitrogens is 4. The summed E-state index contributed by atoms with van der Waals surface area (Å²) < 4.78 is 0. The van der Waals surface area contributed by atoms with Crippen LogP contribution in [0, 0.1) is 10.1 Å². The first-order chi connectivity index (χ1) is 9.51. The third kappa shape index (κ3) is 2.68. The minimum atomic E-state index is -0.679. The van der Waals surface area contributed by atoms with Crippen molar-refractivity contribution in [2.24, 2.45) is 7.05 Å². The normalized spacial score (nSPS) is 10.1. The maximum absolute atomic E-state index is 12.1. The van der Waals surface area contributed by atoms with E-state index >= 15 is 0 Å². The first kappa shape index (κ1) is 13.4. The molecule has 2 rings (SSSR count). The van der Waals surface area contributed by atoms with Crippen molar-refractivity contribution in [2.45, 2.75) is 0 Å². The largest absolute Gasteiger partial charge is 0.388 e. The molecule has 1 aromatic heterocycles. The molecule has 0 aliphatic rings. The number of anilines is 2. The van der Waals surface area contributed by atoms with Crippen molar-refractivity contribution in [1.82, 2.24) is 20.2 Å². The molecule has 1 aromatic carbocycles. The van der Waals surface area contributed by atoms with E-state index in [0.717, 1.165) is 4.80 Å². The number of hydrogen-bond acceptors (Lipinski definition) is 7.